The van der Waals surface area contributed by atoms with Crippen LogP contribution in [0.4, 0.5) is 10.5 Å². The van der Waals surface area contributed by atoms with Crippen LogP contribution in [0.2, 0.25) is 0 Å². The van der Waals surface area contributed by atoms with Gasteiger partial charge in [0.15, 0.2) is 6.73 Å². The van der Waals surface area contributed by atoms with Crippen LogP contribution >= 0.6 is 11.3 Å². The molecule has 24 heavy (non-hydrogen) atoms. The van der Waals surface area contributed by atoms with E-state index in [9.17, 15) is 9.59 Å². The maximum atomic E-state index is 11.8. The van der Waals surface area contributed by atoms with Crippen molar-refractivity contribution in [2.24, 2.45) is 5.41 Å². The number of hydrogen-bond donors (Lipinski definition) is 2. The first-order valence-corrected chi connectivity index (χ1v) is 8.49. The van der Waals surface area contributed by atoms with Crippen molar-refractivity contribution in [3.05, 3.63) is 34.8 Å². The highest BCUT2D eigenvalue weighted by Gasteiger charge is 2.23. The third kappa shape index (κ3) is 5.69. The molecule has 0 aliphatic carbocycles. The number of rotatable bonds is 6. The Bertz CT molecular complexity index is 674. The van der Waals surface area contributed by atoms with E-state index in [4.69, 9.17) is 4.74 Å². The van der Waals surface area contributed by atoms with E-state index in [1.54, 1.807) is 38.3 Å². The van der Waals surface area contributed by atoms with Gasteiger partial charge in [-0.3, -0.25) is 4.79 Å². The average Bonchev–Trinajstić information content (AvgIpc) is 3.15. The van der Waals surface area contributed by atoms with Crippen LogP contribution in [0.15, 0.2) is 29.9 Å². The third-order valence-electron chi connectivity index (χ3n) is 3.07. The number of nitrogens with zero attached hydrogens (tertiary/aromatic N) is 2. The number of ether oxygens (including phenoxy) is 1. The lowest BCUT2D eigenvalue weighted by Crippen LogP contribution is -2.30. The average molecular weight is 350 g/mol. The molecular formula is C16H22N4O3S. The number of urea groups is 1. The molecule has 0 saturated carbocycles. The van der Waals surface area contributed by atoms with Crippen molar-refractivity contribution >= 4 is 29.0 Å². The molecule has 0 bridgehead atoms. The molecule has 2 aromatic heterocycles. The monoisotopic (exact) mass is 350 g/mol. The van der Waals surface area contributed by atoms with Crippen molar-refractivity contribution in [1.82, 2.24) is 15.1 Å². The number of hydrogen-bond acceptors (Lipinski definition) is 5. The fraction of sp³-hybridized carbons (Fsp3) is 0.438. The van der Waals surface area contributed by atoms with Crippen LogP contribution in [0.25, 0.3) is 0 Å². The highest BCUT2D eigenvalue weighted by atomic mass is 32.1. The lowest BCUT2D eigenvalue weighted by molar-refractivity contribution is -0.157. The second-order valence-corrected chi connectivity index (χ2v) is 7.32. The van der Waals surface area contributed by atoms with Gasteiger partial charge in [0.2, 0.25) is 0 Å². The van der Waals surface area contributed by atoms with Gasteiger partial charge in [0.25, 0.3) is 0 Å². The molecule has 2 heterocycles. The molecule has 2 amide bonds. The molecule has 130 valence electrons. The van der Waals surface area contributed by atoms with E-state index in [2.05, 4.69) is 15.7 Å². The van der Waals surface area contributed by atoms with Gasteiger partial charge in [-0.1, -0.05) is 6.07 Å². The van der Waals surface area contributed by atoms with Crippen molar-refractivity contribution < 1.29 is 14.3 Å². The normalized spacial score (nSPS) is 11.1. The van der Waals surface area contributed by atoms with Gasteiger partial charge in [-0.25, -0.2) is 9.48 Å². The number of anilines is 1. The Labute approximate surface area is 145 Å². The van der Waals surface area contributed by atoms with Crippen molar-refractivity contribution in [2.45, 2.75) is 33.9 Å². The SMILES string of the molecule is CC(C)(C)C(=O)OCn1cc(NC(=O)NCCc2cccs2)cn1. The van der Waals surface area contributed by atoms with Gasteiger partial charge in [-0.2, -0.15) is 5.10 Å². The van der Waals surface area contributed by atoms with Gasteiger partial charge in [0.1, 0.15) is 0 Å². The number of carbonyl (C=O) groups is 2. The number of carbonyl (C=O) groups excluding carboxylic acids is 2. The van der Waals surface area contributed by atoms with Crippen molar-refractivity contribution in [3.8, 4) is 0 Å². The molecule has 2 aromatic rings. The van der Waals surface area contributed by atoms with Crippen molar-refractivity contribution in [2.75, 3.05) is 11.9 Å². The fourth-order valence-electron chi connectivity index (χ4n) is 1.77. The van der Waals surface area contributed by atoms with Gasteiger partial charge < -0.3 is 15.4 Å². The summed E-state index contributed by atoms with van der Waals surface area (Å²) in [7, 11) is 0. The molecule has 0 atom stereocenters. The first kappa shape index (κ1) is 18.0. The minimum Gasteiger partial charge on any atom is -0.442 e. The predicted octanol–water partition coefficient (Wildman–Crippen LogP) is 2.86. The van der Waals surface area contributed by atoms with Crippen molar-refractivity contribution in [3.63, 3.8) is 0 Å². The lowest BCUT2D eigenvalue weighted by Gasteiger charge is -2.16. The topological polar surface area (TPSA) is 85.2 Å². The number of aromatic nitrogens is 2. The molecule has 2 N–H and O–H groups in total. The Kier molecular flexibility index (Phi) is 5.97. The number of thiophene rings is 1. The Morgan fingerprint density at radius 2 is 2.17 bits per heavy atom. The number of nitrogens with one attached hydrogen (secondary N) is 2. The molecule has 0 aliphatic heterocycles. The van der Waals surface area contributed by atoms with Crippen LogP contribution in [-0.4, -0.2) is 28.3 Å². The van der Waals surface area contributed by atoms with E-state index in [1.165, 1.54) is 15.8 Å². The molecular weight excluding hydrogens is 328 g/mol. The van der Waals surface area contributed by atoms with Gasteiger partial charge in [0.05, 0.1) is 23.5 Å². The molecule has 0 spiro atoms. The second kappa shape index (κ2) is 7.96. The van der Waals surface area contributed by atoms with E-state index >= 15 is 0 Å². The molecule has 0 saturated heterocycles. The quantitative estimate of drug-likeness (QED) is 0.785. The fourth-order valence-corrected chi connectivity index (χ4v) is 2.48. The summed E-state index contributed by atoms with van der Waals surface area (Å²) in [6.45, 7) is 5.92. The molecule has 0 aliphatic rings. The summed E-state index contributed by atoms with van der Waals surface area (Å²) < 4.78 is 6.60. The van der Waals surface area contributed by atoms with Crippen molar-refractivity contribution in [1.29, 1.82) is 0 Å². The van der Waals surface area contributed by atoms with Gasteiger partial charge in [0, 0.05) is 11.4 Å². The van der Waals surface area contributed by atoms with Crippen LogP contribution in [0.1, 0.15) is 25.6 Å². The van der Waals surface area contributed by atoms with E-state index in [0.29, 0.717) is 12.2 Å². The molecule has 0 aromatic carbocycles. The Balaban J connectivity index is 1.72. The molecule has 7 nitrogen and oxygen atoms in total. The highest BCUT2D eigenvalue weighted by molar-refractivity contribution is 7.09. The zero-order chi connectivity index (χ0) is 17.6. The van der Waals surface area contributed by atoms with Crippen LogP contribution in [0.5, 0.6) is 0 Å². The standard InChI is InChI=1S/C16H22N4O3S/c1-16(2,3)14(21)23-11-20-10-12(9-18-20)19-15(22)17-7-6-13-5-4-8-24-13/h4-5,8-10H,6-7,11H2,1-3H3,(H2,17,19,22). The molecule has 2 rings (SSSR count). The zero-order valence-electron chi connectivity index (χ0n) is 14.0. The van der Waals surface area contributed by atoms with E-state index in [1.807, 2.05) is 17.5 Å². The summed E-state index contributed by atoms with van der Waals surface area (Å²) in [5.74, 6) is -0.307. The lowest BCUT2D eigenvalue weighted by atomic mass is 9.98. The highest BCUT2D eigenvalue weighted by Crippen LogP contribution is 2.15. The van der Waals surface area contributed by atoms with Crippen LogP contribution < -0.4 is 10.6 Å². The third-order valence-corrected chi connectivity index (χ3v) is 4.00. The maximum Gasteiger partial charge on any atom is 0.319 e. The number of esters is 1. The Morgan fingerprint density at radius 3 is 2.83 bits per heavy atom. The summed E-state index contributed by atoms with van der Waals surface area (Å²) in [5, 5.41) is 11.5. The Hall–Kier alpha value is -2.35. The van der Waals surface area contributed by atoms with E-state index in [-0.39, 0.29) is 18.7 Å². The summed E-state index contributed by atoms with van der Waals surface area (Å²) in [4.78, 5) is 24.7. The van der Waals surface area contributed by atoms with Gasteiger partial charge >= 0.3 is 12.0 Å². The minimum absolute atomic E-state index is 0.0117. The first-order chi connectivity index (χ1) is 11.3. The molecule has 8 heteroatoms. The largest absolute Gasteiger partial charge is 0.442 e. The van der Waals surface area contributed by atoms with E-state index in [0.717, 1.165) is 6.42 Å². The predicted molar refractivity (Wildman–Crippen MR) is 92.8 cm³/mol. The smallest absolute Gasteiger partial charge is 0.319 e. The summed E-state index contributed by atoms with van der Waals surface area (Å²) >= 11 is 1.66. The maximum absolute atomic E-state index is 11.8. The number of amides is 2. The van der Waals surface area contributed by atoms with Gasteiger partial charge in [-0.05, 0) is 38.6 Å². The summed E-state index contributed by atoms with van der Waals surface area (Å²) in [6.07, 6.45) is 3.91. The second-order valence-electron chi connectivity index (χ2n) is 6.29. The molecule has 0 unspecified atom stereocenters. The van der Waals surface area contributed by atoms with Crippen LogP contribution in [-0.2, 0) is 22.7 Å². The summed E-state index contributed by atoms with van der Waals surface area (Å²) in [5.41, 5.74) is -0.0214. The molecule has 0 radical (unpaired) electrons. The van der Waals surface area contributed by atoms with Crippen LogP contribution in [0.3, 0.4) is 0 Å². The first-order valence-electron chi connectivity index (χ1n) is 7.61. The van der Waals surface area contributed by atoms with Crippen LogP contribution in [0, 0.1) is 5.41 Å². The van der Waals surface area contributed by atoms with Gasteiger partial charge in [-0.15, -0.1) is 11.3 Å². The molecule has 0 fully saturated rings. The van der Waals surface area contributed by atoms with E-state index < -0.39 is 5.41 Å². The Morgan fingerprint density at radius 1 is 1.38 bits per heavy atom. The minimum atomic E-state index is -0.559. The zero-order valence-corrected chi connectivity index (χ0v) is 14.9. The summed E-state index contributed by atoms with van der Waals surface area (Å²) in [6, 6.07) is 3.73.